The zero-order valence-electron chi connectivity index (χ0n) is 14.0. The summed E-state index contributed by atoms with van der Waals surface area (Å²) >= 11 is 6.04. The van der Waals surface area contributed by atoms with Crippen molar-refractivity contribution in [2.45, 2.75) is 13.8 Å². The number of carbonyl (C=O) groups excluding carboxylic acids is 1. The molecule has 5 nitrogen and oxygen atoms in total. The lowest BCUT2D eigenvalue weighted by molar-refractivity contribution is 0.102. The van der Waals surface area contributed by atoms with Crippen LogP contribution in [0.2, 0.25) is 5.02 Å². The highest BCUT2D eigenvalue weighted by molar-refractivity contribution is 6.31. The summed E-state index contributed by atoms with van der Waals surface area (Å²) in [6.45, 7) is 3.93. The van der Waals surface area contributed by atoms with Gasteiger partial charge >= 0.3 is 5.63 Å². The van der Waals surface area contributed by atoms with Gasteiger partial charge in [0.1, 0.15) is 5.56 Å². The molecule has 0 atom stereocenters. The molecule has 0 saturated carbocycles. The van der Waals surface area contributed by atoms with E-state index in [0.717, 1.165) is 11.1 Å². The number of hydrogen-bond acceptors (Lipinski definition) is 4. The van der Waals surface area contributed by atoms with Crippen molar-refractivity contribution in [1.29, 1.82) is 0 Å². The second-order valence-corrected chi connectivity index (χ2v) is 6.16. The van der Waals surface area contributed by atoms with Gasteiger partial charge in [0.25, 0.3) is 5.91 Å². The smallest absolute Gasteiger partial charge is 0.349 e. The molecule has 1 amide bonds. The van der Waals surface area contributed by atoms with Crippen LogP contribution in [-0.2, 0) is 0 Å². The molecule has 0 aliphatic rings. The van der Waals surface area contributed by atoms with Crippen LogP contribution in [0.4, 0.5) is 5.69 Å². The third-order valence-electron chi connectivity index (χ3n) is 3.99. The van der Waals surface area contributed by atoms with Crippen LogP contribution in [0.1, 0.15) is 21.5 Å². The Balaban J connectivity index is 2.02. The van der Waals surface area contributed by atoms with Gasteiger partial charge in [0.05, 0.1) is 7.11 Å². The van der Waals surface area contributed by atoms with Crippen LogP contribution in [0.5, 0.6) is 5.75 Å². The Morgan fingerprint density at radius 3 is 2.56 bits per heavy atom. The van der Waals surface area contributed by atoms with Crippen molar-refractivity contribution in [3.05, 3.63) is 68.5 Å². The van der Waals surface area contributed by atoms with Gasteiger partial charge in [-0.1, -0.05) is 17.7 Å². The maximum Gasteiger partial charge on any atom is 0.349 e. The normalized spacial score (nSPS) is 10.7. The van der Waals surface area contributed by atoms with E-state index in [-0.39, 0.29) is 11.1 Å². The highest BCUT2D eigenvalue weighted by Crippen LogP contribution is 2.29. The zero-order valence-corrected chi connectivity index (χ0v) is 14.7. The largest absolute Gasteiger partial charge is 0.493 e. The number of anilines is 1. The first-order valence-electron chi connectivity index (χ1n) is 7.59. The average Bonchev–Trinajstić information content (AvgIpc) is 2.57. The summed E-state index contributed by atoms with van der Waals surface area (Å²) in [5.74, 6) is -0.210. The third-order valence-corrected chi connectivity index (χ3v) is 4.21. The molecule has 1 heterocycles. The highest BCUT2D eigenvalue weighted by atomic mass is 35.5. The Hall–Kier alpha value is -2.79. The quantitative estimate of drug-likeness (QED) is 0.708. The van der Waals surface area contributed by atoms with E-state index in [1.807, 2.05) is 26.0 Å². The molecule has 0 bridgehead atoms. The zero-order chi connectivity index (χ0) is 18.1. The molecule has 0 aliphatic heterocycles. The predicted octanol–water partition coefficient (Wildman–Crippen LogP) is 4.32. The Bertz CT molecular complexity index is 1040. The van der Waals surface area contributed by atoms with E-state index < -0.39 is 11.5 Å². The van der Waals surface area contributed by atoms with E-state index in [2.05, 4.69) is 5.32 Å². The molecule has 0 fully saturated rings. The Morgan fingerprint density at radius 1 is 1.12 bits per heavy atom. The van der Waals surface area contributed by atoms with Gasteiger partial charge < -0.3 is 14.5 Å². The number of carbonyl (C=O) groups is 1. The molecule has 6 heteroatoms. The molecular weight excluding hydrogens is 342 g/mol. The number of hydrogen-bond donors (Lipinski definition) is 1. The van der Waals surface area contributed by atoms with Crippen molar-refractivity contribution in [1.82, 2.24) is 0 Å². The van der Waals surface area contributed by atoms with Gasteiger partial charge in [0.2, 0.25) is 0 Å². The van der Waals surface area contributed by atoms with Gasteiger partial charge in [-0.2, -0.15) is 0 Å². The van der Waals surface area contributed by atoms with E-state index >= 15 is 0 Å². The summed E-state index contributed by atoms with van der Waals surface area (Å²) in [6, 6.07) is 10.1. The van der Waals surface area contributed by atoms with E-state index in [9.17, 15) is 9.59 Å². The summed E-state index contributed by atoms with van der Waals surface area (Å²) in [5.41, 5.74) is 2.17. The van der Waals surface area contributed by atoms with Crippen LogP contribution in [0.25, 0.3) is 11.0 Å². The van der Waals surface area contributed by atoms with E-state index in [1.54, 1.807) is 18.2 Å². The van der Waals surface area contributed by atoms with Crippen LogP contribution >= 0.6 is 11.6 Å². The number of methoxy groups -OCH3 is 1. The van der Waals surface area contributed by atoms with E-state index in [0.29, 0.717) is 21.8 Å². The lowest BCUT2D eigenvalue weighted by atomic mass is 10.1. The fraction of sp³-hybridized carbons (Fsp3) is 0.158. The fourth-order valence-electron chi connectivity index (χ4n) is 2.49. The number of halogens is 1. The number of benzene rings is 2. The SMILES string of the molecule is COc1cc(Cl)cc2cc(C(=O)Nc3ccc(C)c(C)c3)c(=O)oc12. The van der Waals surface area contributed by atoms with Crippen LogP contribution in [0.15, 0.2) is 45.6 Å². The summed E-state index contributed by atoms with van der Waals surface area (Å²) in [4.78, 5) is 24.7. The standard InChI is InChI=1S/C19H16ClNO4/c1-10-4-5-14(6-11(10)2)21-18(22)15-8-12-7-13(20)9-16(24-3)17(12)25-19(15)23/h4-9H,1-3H3,(H,21,22). The van der Waals surface area contributed by atoms with Crippen molar-refractivity contribution in [2.75, 3.05) is 12.4 Å². The summed E-state index contributed by atoms with van der Waals surface area (Å²) in [6.07, 6.45) is 0. The van der Waals surface area contributed by atoms with Gasteiger partial charge in [0.15, 0.2) is 11.3 Å². The van der Waals surface area contributed by atoms with Gasteiger partial charge in [0, 0.05) is 22.2 Å². The minimum Gasteiger partial charge on any atom is -0.493 e. The Labute approximate surface area is 149 Å². The molecule has 0 aliphatic carbocycles. The first-order valence-corrected chi connectivity index (χ1v) is 7.97. The molecule has 0 saturated heterocycles. The third kappa shape index (κ3) is 3.37. The van der Waals surface area contributed by atoms with Crippen LogP contribution < -0.4 is 15.7 Å². The number of rotatable bonds is 3. The predicted molar refractivity (Wildman–Crippen MR) is 97.9 cm³/mol. The number of amides is 1. The molecule has 3 aromatic rings. The monoisotopic (exact) mass is 357 g/mol. The van der Waals surface area contributed by atoms with Crippen molar-refractivity contribution < 1.29 is 13.9 Å². The Morgan fingerprint density at radius 2 is 1.88 bits per heavy atom. The minimum atomic E-state index is -0.741. The van der Waals surface area contributed by atoms with Gasteiger partial charge in [-0.3, -0.25) is 4.79 Å². The molecular formula is C19H16ClNO4. The molecule has 0 radical (unpaired) electrons. The first kappa shape index (κ1) is 17.0. The number of ether oxygens (including phenoxy) is 1. The number of fused-ring (bicyclic) bond motifs is 1. The van der Waals surface area contributed by atoms with Gasteiger partial charge in [-0.25, -0.2) is 4.79 Å². The Kier molecular flexibility index (Phi) is 4.51. The topological polar surface area (TPSA) is 68.5 Å². The van der Waals surface area contributed by atoms with E-state index in [4.69, 9.17) is 20.8 Å². The maximum absolute atomic E-state index is 12.5. The molecule has 1 N–H and O–H groups in total. The molecule has 1 aromatic heterocycles. The van der Waals surface area contributed by atoms with Crippen molar-refractivity contribution in [3.8, 4) is 5.75 Å². The first-order chi connectivity index (χ1) is 11.9. The lowest BCUT2D eigenvalue weighted by Gasteiger charge is -2.09. The van der Waals surface area contributed by atoms with Gasteiger partial charge in [-0.05, 0) is 49.2 Å². The second kappa shape index (κ2) is 6.61. The van der Waals surface area contributed by atoms with Crippen LogP contribution in [-0.4, -0.2) is 13.0 Å². The maximum atomic E-state index is 12.5. The van der Waals surface area contributed by atoms with Crippen LogP contribution in [0, 0.1) is 13.8 Å². The summed E-state index contributed by atoms with van der Waals surface area (Å²) in [5, 5.41) is 3.64. The molecule has 3 rings (SSSR count). The molecule has 2 aromatic carbocycles. The van der Waals surface area contributed by atoms with Crippen LogP contribution in [0.3, 0.4) is 0 Å². The minimum absolute atomic E-state index is 0.102. The number of aryl methyl sites for hydroxylation is 2. The molecule has 0 spiro atoms. The average molecular weight is 358 g/mol. The van der Waals surface area contributed by atoms with Crippen molar-refractivity contribution >= 4 is 34.2 Å². The lowest BCUT2D eigenvalue weighted by Crippen LogP contribution is -2.20. The molecule has 128 valence electrons. The van der Waals surface area contributed by atoms with Gasteiger partial charge in [-0.15, -0.1) is 0 Å². The molecule has 25 heavy (non-hydrogen) atoms. The summed E-state index contributed by atoms with van der Waals surface area (Å²) in [7, 11) is 1.45. The van der Waals surface area contributed by atoms with E-state index in [1.165, 1.54) is 13.2 Å². The molecule has 0 unspecified atom stereocenters. The summed E-state index contributed by atoms with van der Waals surface area (Å²) < 4.78 is 10.4. The van der Waals surface area contributed by atoms with Crippen molar-refractivity contribution in [3.63, 3.8) is 0 Å². The number of nitrogens with one attached hydrogen (secondary N) is 1. The fourth-order valence-corrected chi connectivity index (χ4v) is 2.71. The van der Waals surface area contributed by atoms with Crippen molar-refractivity contribution in [2.24, 2.45) is 0 Å². The second-order valence-electron chi connectivity index (χ2n) is 5.73. The highest BCUT2D eigenvalue weighted by Gasteiger charge is 2.16.